The van der Waals surface area contributed by atoms with E-state index in [0.717, 1.165) is 48.2 Å². The highest BCUT2D eigenvalue weighted by Crippen LogP contribution is 2.33. The van der Waals surface area contributed by atoms with E-state index in [-0.39, 0.29) is 5.82 Å². The molecule has 1 aliphatic rings. The lowest BCUT2D eigenvalue weighted by atomic mass is 9.91. The molecule has 0 unspecified atom stereocenters. The zero-order chi connectivity index (χ0) is 23.2. The maximum absolute atomic E-state index is 13.3. The van der Waals surface area contributed by atoms with Gasteiger partial charge in [0.15, 0.2) is 5.11 Å². The fourth-order valence-electron chi connectivity index (χ4n) is 4.49. The molecule has 1 fully saturated rings. The van der Waals surface area contributed by atoms with Crippen LogP contribution < -0.4 is 10.6 Å². The van der Waals surface area contributed by atoms with Gasteiger partial charge < -0.3 is 15.5 Å². The maximum atomic E-state index is 13.3. The normalized spacial score (nSPS) is 15.1. The molecule has 0 radical (unpaired) electrons. The first-order valence-electron chi connectivity index (χ1n) is 11.8. The third-order valence-electron chi connectivity index (χ3n) is 6.33. The van der Waals surface area contributed by atoms with Gasteiger partial charge in [-0.15, -0.1) is 0 Å². The molecule has 2 heterocycles. The Morgan fingerprint density at radius 1 is 1.15 bits per heavy atom. The summed E-state index contributed by atoms with van der Waals surface area (Å²) in [4.78, 5) is 2.60. The van der Waals surface area contributed by atoms with E-state index in [1.54, 1.807) is 6.07 Å². The Morgan fingerprint density at radius 3 is 2.73 bits per heavy atom. The number of H-pyrrole nitrogens is 1. The summed E-state index contributed by atoms with van der Waals surface area (Å²) in [5.74, 6) is 0.174. The summed E-state index contributed by atoms with van der Waals surface area (Å²) in [5, 5.41) is 15.8. The van der Waals surface area contributed by atoms with Gasteiger partial charge >= 0.3 is 0 Å². The molecule has 33 heavy (non-hydrogen) atoms. The standard InChI is InChI=1S/C25H31BrFN5S/c1-2-3-4-5-12-32-13-10-17(11-14-32)24-20-16-19(7-9-22(20)30-31-24)28-25(33)29-23-8-6-18(27)15-21(23)26/h6-9,15-17H,2-5,10-14H2,1H3,(H,30,31)(H2,28,29,33). The van der Waals surface area contributed by atoms with Crippen LogP contribution in [-0.2, 0) is 0 Å². The minimum absolute atomic E-state index is 0.299. The van der Waals surface area contributed by atoms with Crippen molar-refractivity contribution >= 4 is 55.5 Å². The molecule has 8 heteroatoms. The fraction of sp³-hybridized carbons (Fsp3) is 0.440. The van der Waals surface area contributed by atoms with Gasteiger partial charge in [0.1, 0.15) is 5.82 Å². The van der Waals surface area contributed by atoms with E-state index < -0.39 is 0 Å². The Balaban J connectivity index is 1.38. The van der Waals surface area contributed by atoms with Crippen LogP contribution >= 0.6 is 28.1 Å². The molecule has 0 spiro atoms. The number of piperidine rings is 1. The van der Waals surface area contributed by atoms with Gasteiger partial charge in [0.2, 0.25) is 0 Å². The number of halogens is 2. The minimum Gasteiger partial charge on any atom is -0.332 e. The second-order valence-corrected chi connectivity index (χ2v) is 10.0. The molecule has 4 rings (SSSR count). The Hall–Kier alpha value is -2.03. The van der Waals surface area contributed by atoms with Crippen molar-refractivity contribution in [2.45, 2.75) is 51.4 Å². The smallest absolute Gasteiger partial charge is 0.175 e. The SMILES string of the molecule is CCCCCCN1CCC(c2n[nH]c3ccc(NC(=S)Nc4ccc(F)cc4Br)cc23)CC1. The number of fused-ring (bicyclic) bond motifs is 1. The largest absolute Gasteiger partial charge is 0.332 e. The third kappa shape index (κ3) is 6.31. The molecule has 0 bridgehead atoms. The molecule has 1 saturated heterocycles. The average molecular weight is 533 g/mol. The van der Waals surface area contributed by atoms with Gasteiger partial charge in [0, 0.05) is 21.5 Å². The van der Waals surface area contributed by atoms with Gasteiger partial charge in [-0.1, -0.05) is 26.2 Å². The van der Waals surface area contributed by atoms with Crippen LogP contribution in [0, 0.1) is 5.82 Å². The van der Waals surface area contributed by atoms with Crippen molar-refractivity contribution in [2.24, 2.45) is 0 Å². The molecule has 176 valence electrons. The molecular formula is C25H31BrFN5S. The molecule has 5 nitrogen and oxygen atoms in total. The van der Waals surface area contributed by atoms with E-state index in [9.17, 15) is 4.39 Å². The van der Waals surface area contributed by atoms with E-state index in [4.69, 9.17) is 12.2 Å². The highest BCUT2D eigenvalue weighted by molar-refractivity contribution is 9.10. The van der Waals surface area contributed by atoms with Crippen LogP contribution in [0.4, 0.5) is 15.8 Å². The zero-order valence-corrected chi connectivity index (χ0v) is 21.4. The van der Waals surface area contributed by atoms with Crippen molar-refractivity contribution in [3.8, 4) is 0 Å². The second kappa shape index (κ2) is 11.4. The predicted octanol–water partition coefficient (Wildman–Crippen LogP) is 7.03. The number of unbranched alkanes of at least 4 members (excludes halogenated alkanes) is 3. The highest BCUT2D eigenvalue weighted by atomic mass is 79.9. The van der Waals surface area contributed by atoms with Crippen molar-refractivity contribution in [3.63, 3.8) is 0 Å². The summed E-state index contributed by atoms with van der Waals surface area (Å²) in [6.45, 7) is 5.76. The van der Waals surface area contributed by atoms with Crippen molar-refractivity contribution in [1.29, 1.82) is 0 Å². The van der Waals surface area contributed by atoms with Gasteiger partial charge in [0.05, 0.1) is 16.9 Å². The van der Waals surface area contributed by atoms with E-state index >= 15 is 0 Å². The van der Waals surface area contributed by atoms with E-state index in [1.807, 2.05) is 12.1 Å². The Kier molecular flexibility index (Phi) is 8.33. The van der Waals surface area contributed by atoms with E-state index in [1.165, 1.54) is 44.4 Å². The Morgan fingerprint density at radius 2 is 1.97 bits per heavy atom. The summed E-state index contributed by atoms with van der Waals surface area (Å²) >= 11 is 8.83. The molecule has 2 aromatic carbocycles. The Bertz CT molecular complexity index is 1090. The van der Waals surface area contributed by atoms with Gasteiger partial charge in [-0.25, -0.2) is 4.39 Å². The molecule has 0 aliphatic carbocycles. The van der Waals surface area contributed by atoms with Gasteiger partial charge in [-0.3, -0.25) is 5.10 Å². The lowest BCUT2D eigenvalue weighted by molar-refractivity contribution is 0.207. The number of benzene rings is 2. The number of hydrogen-bond donors (Lipinski definition) is 3. The van der Waals surface area contributed by atoms with Crippen molar-refractivity contribution in [1.82, 2.24) is 15.1 Å². The number of rotatable bonds is 8. The van der Waals surface area contributed by atoms with Crippen LogP contribution in [-0.4, -0.2) is 39.8 Å². The molecule has 1 aliphatic heterocycles. The van der Waals surface area contributed by atoms with Crippen LogP contribution in [0.15, 0.2) is 40.9 Å². The van der Waals surface area contributed by atoms with Crippen LogP contribution in [0.3, 0.4) is 0 Å². The number of nitrogens with zero attached hydrogens (tertiary/aromatic N) is 2. The van der Waals surface area contributed by atoms with Gasteiger partial charge in [-0.2, -0.15) is 5.10 Å². The van der Waals surface area contributed by atoms with Crippen molar-refractivity contribution < 1.29 is 4.39 Å². The summed E-state index contributed by atoms with van der Waals surface area (Å²) in [6, 6.07) is 10.6. The molecule has 3 N–H and O–H groups in total. The first-order valence-corrected chi connectivity index (χ1v) is 13.0. The number of nitrogens with one attached hydrogen (secondary N) is 3. The van der Waals surface area contributed by atoms with Crippen molar-refractivity contribution in [2.75, 3.05) is 30.3 Å². The van der Waals surface area contributed by atoms with Crippen LogP contribution in [0.5, 0.6) is 0 Å². The summed E-state index contributed by atoms with van der Waals surface area (Å²) < 4.78 is 13.9. The van der Waals surface area contributed by atoms with Gasteiger partial charge in [-0.05, 0) is 103 Å². The topological polar surface area (TPSA) is 56.0 Å². The lowest BCUT2D eigenvalue weighted by Crippen LogP contribution is -2.33. The minimum atomic E-state index is -0.299. The Labute approximate surface area is 208 Å². The van der Waals surface area contributed by atoms with E-state index in [2.05, 4.69) is 54.7 Å². The van der Waals surface area contributed by atoms with Crippen LogP contribution in [0.25, 0.3) is 10.9 Å². The molecular weight excluding hydrogens is 501 g/mol. The van der Waals surface area contributed by atoms with Crippen LogP contribution in [0.1, 0.15) is 57.1 Å². The first-order chi connectivity index (χ1) is 16.0. The monoisotopic (exact) mass is 531 g/mol. The third-order valence-corrected chi connectivity index (χ3v) is 7.19. The number of anilines is 2. The molecule has 3 aromatic rings. The zero-order valence-electron chi connectivity index (χ0n) is 19.0. The summed E-state index contributed by atoms with van der Waals surface area (Å²) in [7, 11) is 0. The molecule has 0 amide bonds. The second-order valence-electron chi connectivity index (χ2n) is 8.75. The highest BCUT2D eigenvalue weighted by Gasteiger charge is 2.24. The number of aromatic amines is 1. The summed E-state index contributed by atoms with van der Waals surface area (Å²) in [6.07, 6.45) is 7.56. The summed E-state index contributed by atoms with van der Waals surface area (Å²) in [5.41, 5.74) is 3.80. The average Bonchev–Trinajstić information content (AvgIpc) is 3.22. The van der Waals surface area contributed by atoms with Gasteiger partial charge in [0.25, 0.3) is 0 Å². The van der Waals surface area contributed by atoms with Crippen molar-refractivity contribution in [3.05, 3.63) is 52.4 Å². The number of aromatic nitrogens is 2. The molecule has 1 aromatic heterocycles. The number of likely N-dealkylation sites (tertiary alicyclic amines) is 1. The number of thiocarbonyl (C=S) groups is 1. The number of hydrogen-bond acceptors (Lipinski definition) is 3. The lowest BCUT2D eigenvalue weighted by Gasteiger charge is -2.31. The quantitative estimate of drug-likeness (QED) is 0.215. The maximum Gasteiger partial charge on any atom is 0.175 e. The molecule has 0 saturated carbocycles. The first kappa shape index (κ1) is 24.1. The molecule has 0 atom stereocenters. The fourth-order valence-corrected chi connectivity index (χ4v) is 5.17. The predicted molar refractivity (Wildman–Crippen MR) is 143 cm³/mol. The van der Waals surface area contributed by atoms with E-state index in [0.29, 0.717) is 21.2 Å². The van der Waals surface area contributed by atoms with Crippen LogP contribution in [0.2, 0.25) is 0 Å².